The first kappa shape index (κ1) is 22.7. The van der Waals surface area contributed by atoms with Gasteiger partial charge in [0.1, 0.15) is 0 Å². The molecule has 1 aromatic carbocycles. The standard InChI is InChI=1S/C26H33N5O3/c1-34-15-23-19-12-13-31(25(19)18-6-2-4-8-21(18)29-23)26(33)20-7-3-5-9-22(20)30-24(32)11-10-17-14-27-16-28-17/h2,4,6,8,10-11,14,16,19-20,22-23,25,29H,3,5,7,9,12-13,15H2,1H3,(H,27,28)(H,30,32)/t19-,20+,22-,23+,25+/m1/s1. The monoisotopic (exact) mass is 463 g/mol. The molecule has 1 aromatic heterocycles. The molecule has 3 heterocycles. The number of imidazole rings is 1. The molecule has 0 bridgehead atoms. The molecular weight excluding hydrogens is 430 g/mol. The number of nitrogens with one attached hydrogen (secondary N) is 3. The van der Waals surface area contributed by atoms with Crippen LogP contribution in [0, 0.1) is 11.8 Å². The largest absolute Gasteiger partial charge is 0.383 e. The van der Waals surface area contributed by atoms with Gasteiger partial charge in [-0.2, -0.15) is 0 Å². The Morgan fingerprint density at radius 3 is 2.91 bits per heavy atom. The summed E-state index contributed by atoms with van der Waals surface area (Å²) in [5, 5.41) is 6.75. The quantitative estimate of drug-likeness (QED) is 0.572. The summed E-state index contributed by atoms with van der Waals surface area (Å²) in [5.41, 5.74) is 2.97. The first-order chi connectivity index (χ1) is 16.7. The fourth-order valence-electron chi connectivity index (χ4n) is 5.99. The molecule has 1 saturated carbocycles. The van der Waals surface area contributed by atoms with E-state index in [1.54, 1.807) is 25.7 Å². The Kier molecular flexibility index (Phi) is 6.67. The lowest BCUT2D eigenvalue weighted by Crippen LogP contribution is -2.50. The minimum absolute atomic E-state index is 0.0444. The molecule has 1 aliphatic carbocycles. The van der Waals surface area contributed by atoms with E-state index >= 15 is 0 Å². The van der Waals surface area contributed by atoms with Crippen molar-refractivity contribution < 1.29 is 14.3 Å². The molecule has 0 unspecified atom stereocenters. The zero-order valence-electron chi connectivity index (χ0n) is 19.6. The van der Waals surface area contributed by atoms with Gasteiger partial charge < -0.3 is 25.3 Å². The molecule has 8 nitrogen and oxygen atoms in total. The van der Waals surface area contributed by atoms with Crippen LogP contribution in [0.1, 0.15) is 49.4 Å². The van der Waals surface area contributed by atoms with Crippen LogP contribution in [0.5, 0.6) is 0 Å². The van der Waals surface area contributed by atoms with Gasteiger partial charge in [-0.3, -0.25) is 9.59 Å². The van der Waals surface area contributed by atoms with Crippen molar-refractivity contribution in [2.24, 2.45) is 11.8 Å². The molecule has 2 fully saturated rings. The molecule has 3 N–H and O–H groups in total. The number of aromatic amines is 1. The molecule has 1 saturated heterocycles. The second kappa shape index (κ2) is 10.0. The number of ether oxygens (including phenoxy) is 1. The fraction of sp³-hybridized carbons (Fsp3) is 0.500. The predicted octanol–water partition coefficient (Wildman–Crippen LogP) is 3.13. The topological polar surface area (TPSA) is 99.4 Å². The van der Waals surface area contributed by atoms with Crippen molar-refractivity contribution in [3.63, 3.8) is 0 Å². The van der Waals surface area contributed by atoms with E-state index in [-0.39, 0.29) is 35.9 Å². The van der Waals surface area contributed by atoms with Gasteiger partial charge in [-0.05, 0) is 37.0 Å². The number of anilines is 1. The summed E-state index contributed by atoms with van der Waals surface area (Å²) in [4.78, 5) is 35.6. The third kappa shape index (κ3) is 4.46. The van der Waals surface area contributed by atoms with E-state index < -0.39 is 0 Å². The Morgan fingerprint density at radius 2 is 2.09 bits per heavy atom. The van der Waals surface area contributed by atoms with Crippen molar-refractivity contribution >= 4 is 23.6 Å². The first-order valence-corrected chi connectivity index (χ1v) is 12.3. The maximum Gasteiger partial charge on any atom is 0.244 e. The van der Waals surface area contributed by atoms with Crippen LogP contribution in [0.25, 0.3) is 6.08 Å². The van der Waals surface area contributed by atoms with Crippen LogP contribution in [-0.2, 0) is 14.3 Å². The fourth-order valence-corrected chi connectivity index (χ4v) is 5.99. The SMILES string of the molecule is COC[C@@H]1Nc2ccccc2[C@H]2[C@@H]1CCN2C(=O)[C@H]1CCCC[C@H]1NC(=O)C=Cc1c[nH]cn1. The third-order valence-electron chi connectivity index (χ3n) is 7.55. The van der Waals surface area contributed by atoms with E-state index in [4.69, 9.17) is 4.74 Å². The summed E-state index contributed by atoms with van der Waals surface area (Å²) in [6.45, 7) is 1.35. The summed E-state index contributed by atoms with van der Waals surface area (Å²) < 4.78 is 5.50. The van der Waals surface area contributed by atoms with Crippen LogP contribution in [0.4, 0.5) is 5.69 Å². The molecule has 2 aromatic rings. The summed E-state index contributed by atoms with van der Waals surface area (Å²) >= 11 is 0. The van der Waals surface area contributed by atoms with Gasteiger partial charge in [-0.1, -0.05) is 31.0 Å². The van der Waals surface area contributed by atoms with Crippen molar-refractivity contribution in [3.05, 3.63) is 54.1 Å². The van der Waals surface area contributed by atoms with E-state index in [2.05, 4.69) is 37.6 Å². The Hall–Kier alpha value is -3.13. The van der Waals surface area contributed by atoms with Crippen molar-refractivity contribution in [1.29, 1.82) is 0 Å². The number of nitrogens with zero attached hydrogens (tertiary/aromatic N) is 2. The average molecular weight is 464 g/mol. The summed E-state index contributed by atoms with van der Waals surface area (Å²) in [5.74, 6) is 0.103. The van der Waals surface area contributed by atoms with E-state index in [1.165, 1.54) is 11.6 Å². The molecule has 5 rings (SSSR count). The highest BCUT2D eigenvalue weighted by Crippen LogP contribution is 2.47. The van der Waals surface area contributed by atoms with Gasteiger partial charge in [0, 0.05) is 43.6 Å². The van der Waals surface area contributed by atoms with Crippen LogP contribution in [-0.4, -0.2) is 59.0 Å². The number of aromatic nitrogens is 2. The number of fused-ring (bicyclic) bond motifs is 3. The number of methoxy groups -OCH3 is 1. The number of H-pyrrole nitrogens is 1. The average Bonchev–Trinajstić information content (AvgIpc) is 3.54. The van der Waals surface area contributed by atoms with Crippen LogP contribution in [0.15, 0.2) is 42.9 Å². The number of benzene rings is 1. The van der Waals surface area contributed by atoms with E-state index in [1.807, 2.05) is 12.1 Å². The second-order valence-electron chi connectivity index (χ2n) is 9.56. The van der Waals surface area contributed by atoms with Crippen molar-refractivity contribution in [3.8, 4) is 0 Å². The molecule has 5 atom stereocenters. The van der Waals surface area contributed by atoms with E-state index in [0.717, 1.165) is 44.3 Å². The smallest absolute Gasteiger partial charge is 0.244 e. The molecule has 2 amide bonds. The minimum Gasteiger partial charge on any atom is -0.383 e. The van der Waals surface area contributed by atoms with Crippen molar-refractivity contribution in [2.75, 3.05) is 25.6 Å². The van der Waals surface area contributed by atoms with Crippen LogP contribution >= 0.6 is 0 Å². The molecule has 34 heavy (non-hydrogen) atoms. The highest BCUT2D eigenvalue weighted by Gasteiger charge is 2.48. The number of hydrogen-bond acceptors (Lipinski definition) is 5. The lowest BCUT2D eigenvalue weighted by molar-refractivity contribution is -0.139. The zero-order valence-corrected chi connectivity index (χ0v) is 19.6. The number of carbonyl (C=O) groups excluding carboxylic acids is 2. The number of para-hydroxylation sites is 1. The lowest BCUT2D eigenvalue weighted by Gasteiger charge is -2.41. The molecule has 8 heteroatoms. The van der Waals surface area contributed by atoms with E-state index in [0.29, 0.717) is 18.2 Å². The Bertz CT molecular complexity index is 1040. The van der Waals surface area contributed by atoms with Crippen molar-refractivity contribution in [1.82, 2.24) is 20.2 Å². The number of rotatable bonds is 6. The summed E-state index contributed by atoms with van der Waals surface area (Å²) in [6, 6.07) is 8.37. The Balaban J connectivity index is 1.34. The molecule has 2 aliphatic heterocycles. The van der Waals surface area contributed by atoms with Crippen LogP contribution < -0.4 is 10.6 Å². The molecule has 180 valence electrons. The number of amides is 2. The highest BCUT2D eigenvalue weighted by atomic mass is 16.5. The number of carbonyl (C=O) groups is 2. The van der Waals surface area contributed by atoms with Gasteiger partial charge in [0.2, 0.25) is 11.8 Å². The van der Waals surface area contributed by atoms with Gasteiger partial charge in [-0.15, -0.1) is 0 Å². The molecule has 0 spiro atoms. The van der Waals surface area contributed by atoms with Gasteiger partial charge in [0.25, 0.3) is 0 Å². The summed E-state index contributed by atoms with van der Waals surface area (Å²) in [7, 11) is 1.73. The number of likely N-dealkylation sites (tertiary alicyclic amines) is 1. The minimum atomic E-state index is -0.196. The molecule has 0 radical (unpaired) electrons. The molecule has 3 aliphatic rings. The van der Waals surface area contributed by atoms with Gasteiger partial charge in [-0.25, -0.2) is 4.98 Å². The van der Waals surface area contributed by atoms with Gasteiger partial charge >= 0.3 is 0 Å². The zero-order chi connectivity index (χ0) is 23.5. The third-order valence-corrected chi connectivity index (χ3v) is 7.55. The van der Waals surface area contributed by atoms with Crippen LogP contribution in [0.2, 0.25) is 0 Å². The first-order valence-electron chi connectivity index (χ1n) is 12.3. The van der Waals surface area contributed by atoms with Gasteiger partial charge in [0.15, 0.2) is 0 Å². The van der Waals surface area contributed by atoms with Crippen molar-refractivity contribution in [2.45, 2.75) is 50.2 Å². The maximum atomic E-state index is 14.0. The second-order valence-corrected chi connectivity index (χ2v) is 9.56. The van der Waals surface area contributed by atoms with E-state index in [9.17, 15) is 9.59 Å². The maximum absolute atomic E-state index is 14.0. The Labute approximate surface area is 200 Å². The Morgan fingerprint density at radius 1 is 1.24 bits per heavy atom. The predicted molar refractivity (Wildman–Crippen MR) is 130 cm³/mol. The van der Waals surface area contributed by atoms with Crippen LogP contribution in [0.3, 0.4) is 0 Å². The highest BCUT2D eigenvalue weighted by molar-refractivity contribution is 5.92. The normalized spacial score (nSPS) is 28.3. The lowest BCUT2D eigenvalue weighted by atomic mass is 9.81. The summed E-state index contributed by atoms with van der Waals surface area (Å²) in [6.07, 6.45) is 11.1. The number of hydrogen-bond donors (Lipinski definition) is 3. The molecular formula is C26H33N5O3. The van der Waals surface area contributed by atoms with Gasteiger partial charge in [0.05, 0.1) is 36.6 Å².